The molecule has 1 rings (SSSR count). The monoisotopic (exact) mass is 281 g/mol. The quantitative estimate of drug-likeness (QED) is 0.765. The van der Waals surface area contributed by atoms with Crippen LogP contribution in [0, 0.1) is 0 Å². The van der Waals surface area contributed by atoms with E-state index in [0.717, 1.165) is 5.56 Å². The van der Waals surface area contributed by atoms with Gasteiger partial charge in [-0.3, -0.25) is 0 Å². The van der Waals surface area contributed by atoms with Crippen molar-refractivity contribution >= 4 is 12.1 Å². The molecule has 1 unspecified atom stereocenters. The Morgan fingerprint density at radius 2 is 1.85 bits per heavy atom. The molecule has 1 aromatic carbocycles. The second-order valence-electron chi connectivity index (χ2n) is 5.57. The van der Waals surface area contributed by atoms with Crippen molar-refractivity contribution in [2.24, 2.45) is 0 Å². The summed E-state index contributed by atoms with van der Waals surface area (Å²) >= 11 is 0. The Bertz CT molecular complexity index is 454. The fraction of sp³-hybridized carbons (Fsp3) is 0.429. The first-order valence-electron chi connectivity index (χ1n) is 6.28. The van der Waals surface area contributed by atoms with Crippen LogP contribution in [0.5, 0.6) is 0 Å². The molecule has 6 heteroatoms. The number of aliphatic carboxylic acids is 1. The first-order chi connectivity index (χ1) is 9.28. The van der Waals surface area contributed by atoms with Crippen LogP contribution >= 0.6 is 0 Å². The minimum Gasteiger partial charge on any atom is -0.480 e. The van der Waals surface area contributed by atoms with E-state index in [0.29, 0.717) is 4.48 Å². The molecular formula is C14H21N2O4+. The summed E-state index contributed by atoms with van der Waals surface area (Å²) in [5.41, 5.74) is 0.848. The van der Waals surface area contributed by atoms with Crippen molar-refractivity contribution in [3.8, 4) is 0 Å². The van der Waals surface area contributed by atoms with Crippen LogP contribution in [0.25, 0.3) is 0 Å². The molecule has 0 spiro atoms. The van der Waals surface area contributed by atoms with Gasteiger partial charge in [0.05, 0.1) is 21.1 Å². The third-order valence-electron chi connectivity index (χ3n) is 2.53. The zero-order valence-corrected chi connectivity index (χ0v) is 12.0. The number of rotatable bonds is 6. The number of amides is 1. The molecule has 0 aromatic heterocycles. The highest BCUT2D eigenvalue weighted by atomic mass is 16.5. The van der Waals surface area contributed by atoms with Gasteiger partial charge in [-0.25, -0.2) is 9.59 Å². The number of nitrogens with zero attached hydrogens (tertiary/aromatic N) is 1. The zero-order chi connectivity index (χ0) is 15.2. The summed E-state index contributed by atoms with van der Waals surface area (Å²) in [5, 5.41) is 11.5. The van der Waals surface area contributed by atoms with E-state index in [1.165, 1.54) is 0 Å². The summed E-state index contributed by atoms with van der Waals surface area (Å²) in [6, 6.07) is 8.23. The summed E-state index contributed by atoms with van der Waals surface area (Å²) in [7, 11) is 5.56. The SMILES string of the molecule is C[N+](C)(C)CC(NC(=O)OCc1ccccc1)C(=O)O. The second-order valence-corrected chi connectivity index (χ2v) is 5.57. The van der Waals surface area contributed by atoms with Gasteiger partial charge in [0.15, 0.2) is 6.04 Å². The average Bonchev–Trinajstić information content (AvgIpc) is 2.35. The predicted octanol–water partition coefficient (Wildman–Crippen LogP) is 1.07. The van der Waals surface area contributed by atoms with Gasteiger partial charge in [0.1, 0.15) is 13.2 Å². The van der Waals surface area contributed by atoms with Crippen molar-refractivity contribution in [3.63, 3.8) is 0 Å². The standard InChI is InChI=1S/C14H20N2O4/c1-16(2,3)9-12(13(17)18)15-14(19)20-10-11-7-5-4-6-8-11/h4-8,12H,9-10H2,1-3H3,(H-,15,17,18,19)/p+1. The largest absolute Gasteiger partial charge is 0.480 e. The first kappa shape index (κ1) is 16.0. The molecular weight excluding hydrogens is 260 g/mol. The highest BCUT2D eigenvalue weighted by Gasteiger charge is 2.27. The molecule has 0 radical (unpaired) electrons. The second kappa shape index (κ2) is 6.91. The lowest BCUT2D eigenvalue weighted by Gasteiger charge is -2.27. The van der Waals surface area contributed by atoms with Gasteiger partial charge in [0.2, 0.25) is 0 Å². The third kappa shape index (κ3) is 6.19. The van der Waals surface area contributed by atoms with Gasteiger partial charge in [-0.05, 0) is 5.56 Å². The molecule has 20 heavy (non-hydrogen) atoms. The minimum absolute atomic E-state index is 0.114. The molecule has 0 saturated heterocycles. The van der Waals surface area contributed by atoms with E-state index in [4.69, 9.17) is 9.84 Å². The van der Waals surface area contributed by atoms with Crippen molar-refractivity contribution in [1.29, 1.82) is 0 Å². The number of likely N-dealkylation sites (N-methyl/N-ethyl adjacent to an activating group) is 1. The number of ether oxygens (including phenoxy) is 1. The number of nitrogens with one attached hydrogen (secondary N) is 1. The van der Waals surface area contributed by atoms with E-state index >= 15 is 0 Å². The van der Waals surface area contributed by atoms with E-state index in [-0.39, 0.29) is 13.2 Å². The Morgan fingerprint density at radius 1 is 1.25 bits per heavy atom. The molecule has 0 aliphatic carbocycles. The van der Waals surface area contributed by atoms with Crippen molar-refractivity contribution in [1.82, 2.24) is 5.32 Å². The number of alkyl carbamates (subject to hydrolysis) is 1. The number of benzene rings is 1. The number of carbonyl (C=O) groups is 2. The topological polar surface area (TPSA) is 75.6 Å². The molecule has 0 aliphatic rings. The number of carbonyl (C=O) groups excluding carboxylic acids is 1. The van der Waals surface area contributed by atoms with Gasteiger partial charge < -0.3 is 19.6 Å². The molecule has 0 heterocycles. The Labute approximate surface area is 118 Å². The normalized spacial score (nSPS) is 12.6. The average molecular weight is 281 g/mol. The van der Waals surface area contributed by atoms with Crippen LogP contribution in [-0.4, -0.2) is 55.4 Å². The van der Waals surface area contributed by atoms with Crippen LogP contribution < -0.4 is 5.32 Å². The highest BCUT2D eigenvalue weighted by Crippen LogP contribution is 2.01. The highest BCUT2D eigenvalue weighted by molar-refractivity contribution is 5.79. The zero-order valence-electron chi connectivity index (χ0n) is 12.0. The molecule has 1 amide bonds. The molecule has 1 atom stereocenters. The van der Waals surface area contributed by atoms with Crippen LogP contribution in [0.1, 0.15) is 5.56 Å². The number of quaternary nitrogens is 1. The van der Waals surface area contributed by atoms with Crippen LogP contribution in [0.2, 0.25) is 0 Å². The van der Waals surface area contributed by atoms with Crippen LogP contribution in [0.4, 0.5) is 4.79 Å². The molecule has 0 fully saturated rings. The molecule has 6 nitrogen and oxygen atoms in total. The maximum Gasteiger partial charge on any atom is 0.408 e. The smallest absolute Gasteiger partial charge is 0.408 e. The summed E-state index contributed by atoms with van der Waals surface area (Å²) in [4.78, 5) is 22.7. The van der Waals surface area contributed by atoms with Gasteiger partial charge in [-0.1, -0.05) is 30.3 Å². The molecule has 110 valence electrons. The molecule has 1 aromatic rings. The lowest BCUT2D eigenvalue weighted by Crippen LogP contribution is -2.52. The molecule has 0 bridgehead atoms. The molecule has 2 N–H and O–H groups in total. The third-order valence-corrected chi connectivity index (χ3v) is 2.53. The van der Waals surface area contributed by atoms with Crippen LogP contribution in [0.15, 0.2) is 30.3 Å². The van der Waals surface area contributed by atoms with Crippen molar-refractivity contribution < 1.29 is 23.9 Å². The fourth-order valence-electron chi connectivity index (χ4n) is 1.64. The summed E-state index contributed by atoms with van der Waals surface area (Å²) in [6.45, 7) is 0.388. The van der Waals surface area contributed by atoms with E-state index < -0.39 is 18.1 Å². The van der Waals surface area contributed by atoms with Crippen LogP contribution in [-0.2, 0) is 16.1 Å². The lowest BCUT2D eigenvalue weighted by molar-refractivity contribution is -0.870. The maximum atomic E-state index is 11.6. The number of carboxylic acid groups (broad SMARTS) is 1. The maximum absolute atomic E-state index is 11.6. The Balaban J connectivity index is 2.48. The predicted molar refractivity (Wildman–Crippen MR) is 74.1 cm³/mol. The van der Waals surface area contributed by atoms with Gasteiger partial charge >= 0.3 is 12.1 Å². The van der Waals surface area contributed by atoms with Crippen LogP contribution in [0.3, 0.4) is 0 Å². The first-order valence-corrected chi connectivity index (χ1v) is 6.28. The van der Waals surface area contributed by atoms with E-state index in [1.807, 2.05) is 51.5 Å². The number of carboxylic acids is 1. The Hall–Kier alpha value is -2.08. The summed E-state index contributed by atoms with van der Waals surface area (Å²) in [5.74, 6) is -1.07. The van der Waals surface area contributed by atoms with Gasteiger partial charge in [0, 0.05) is 0 Å². The summed E-state index contributed by atoms with van der Waals surface area (Å²) < 4.78 is 5.43. The molecule has 0 aliphatic heterocycles. The fourth-order valence-corrected chi connectivity index (χ4v) is 1.64. The number of hydrogen-bond acceptors (Lipinski definition) is 3. The van der Waals surface area contributed by atoms with Gasteiger partial charge in [0.25, 0.3) is 0 Å². The van der Waals surface area contributed by atoms with E-state index in [9.17, 15) is 9.59 Å². The van der Waals surface area contributed by atoms with Crippen molar-refractivity contribution in [2.75, 3.05) is 27.7 Å². The molecule has 0 saturated carbocycles. The van der Waals surface area contributed by atoms with E-state index in [1.54, 1.807) is 0 Å². The van der Waals surface area contributed by atoms with Crippen molar-refractivity contribution in [3.05, 3.63) is 35.9 Å². The van der Waals surface area contributed by atoms with Gasteiger partial charge in [-0.15, -0.1) is 0 Å². The minimum atomic E-state index is -1.07. The Morgan fingerprint density at radius 3 is 2.35 bits per heavy atom. The van der Waals surface area contributed by atoms with Gasteiger partial charge in [-0.2, -0.15) is 0 Å². The van der Waals surface area contributed by atoms with Crippen molar-refractivity contribution in [2.45, 2.75) is 12.6 Å². The summed E-state index contributed by atoms with van der Waals surface area (Å²) in [6.07, 6.45) is -0.727. The van der Waals surface area contributed by atoms with E-state index in [2.05, 4.69) is 5.32 Å². The number of hydrogen-bond donors (Lipinski definition) is 2. The Kier molecular flexibility index (Phi) is 5.52. The lowest BCUT2D eigenvalue weighted by atomic mass is 10.2.